The van der Waals surface area contributed by atoms with E-state index < -0.39 is 0 Å². The Balaban J connectivity index is 0.000000251. The lowest BCUT2D eigenvalue weighted by Crippen LogP contribution is -2.14. The molecule has 4 aromatic rings. The molecule has 0 aliphatic rings. The summed E-state index contributed by atoms with van der Waals surface area (Å²) in [5, 5.41) is 3.67. The van der Waals surface area contributed by atoms with E-state index in [1.165, 1.54) is 7.11 Å². The smallest absolute Gasteiger partial charge is 0.338 e. The lowest BCUT2D eigenvalue weighted by atomic mass is 10.0. The zero-order valence-corrected chi connectivity index (χ0v) is 28.8. The number of alkyl halides is 2. The van der Waals surface area contributed by atoms with E-state index in [0.29, 0.717) is 30.6 Å². The van der Waals surface area contributed by atoms with Gasteiger partial charge < -0.3 is 19.1 Å². The normalized spacial score (nSPS) is 11.9. The summed E-state index contributed by atoms with van der Waals surface area (Å²) in [7, 11) is 1.51. The van der Waals surface area contributed by atoms with Crippen molar-refractivity contribution in [2.24, 2.45) is 5.16 Å². The summed E-state index contributed by atoms with van der Waals surface area (Å²) in [5.41, 5.74) is 5.43. The van der Waals surface area contributed by atoms with Crippen molar-refractivity contribution in [2.45, 2.75) is 35.3 Å². The number of hydrogen-bond acceptors (Lipinski definition) is 7. The molecule has 0 radical (unpaired) electrons. The van der Waals surface area contributed by atoms with Crippen molar-refractivity contribution >= 4 is 56.3 Å². The number of nitrogens with zero attached hydrogens (tertiary/aromatic N) is 1. The van der Waals surface area contributed by atoms with E-state index in [9.17, 15) is 14.4 Å². The van der Waals surface area contributed by atoms with Crippen molar-refractivity contribution in [1.29, 1.82) is 0 Å². The molecule has 4 rings (SSSR count). The molecular formula is C37H37Br2NO6. The summed E-state index contributed by atoms with van der Waals surface area (Å²) >= 11 is 6.88. The predicted octanol–water partition coefficient (Wildman–Crippen LogP) is 8.94. The van der Waals surface area contributed by atoms with Gasteiger partial charge in [0.05, 0.1) is 11.1 Å². The van der Waals surface area contributed by atoms with Crippen LogP contribution < -0.4 is 0 Å². The molecular weight excluding hydrogens is 714 g/mol. The second kappa shape index (κ2) is 20.9. The van der Waals surface area contributed by atoms with Crippen LogP contribution in [0.3, 0.4) is 0 Å². The van der Waals surface area contributed by atoms with Crippen LogP contribution in [0.1, 0.15) is 46.4 Å². The van der Waals surface area contributed by atoms with Gasteiger partial charge in [-0.3, -0.25) is 0 Å². The average Bonchev–Trinajstić information content (AvgIpc) is 3.11. The van der Waals surface area contributed by atoms with E-state index in [2.05, 4.69) is 41.9 Å². The first-order valence-corrected chi connectivity index (χ1v) is 16.7. The minimum absolute atomic E-state index is 0.00485. The van der Waals surface area contributed by atoms with Crippen molar-refractivity contribution in [3.63, 3.8) is 0 Å². The van der Waals surface area contributed by atoms with E-state index in [4.69, 9.17) is 9.47 Å². The van der Waals surface area contributed by atoms with Crippen LogP contribution in [0.15, 0.2) is 114 Å². The number of halogens is 2. The van der Waals surface area contributed by atoms with E-state index in [0.717, 1.165) is 41.4 Å². The van der Waals surface area contributed by atoms with Crippen LogP contribution in [0, 0.1) is 0 Å². The Kier molecular flexibility index (Phi) is 16.5. The zero-order chi connectivity index (χ0) is 33.0. The van der Waals surface area contributed by atoms with E-state index in [1.807, 2.05) is 84.9 Å². The van der Waals surface area contributed by atoms with Crippen LogP contribution in [0.2, 0.25) is 0 Å². The number of rotatable bonds is 15. The molecule has 0 amide bonds. The fourth-order valence-electron chi connectivity index (χ4n) is 4.16. The number of oxime groups is 1. The number of carbonyl (C=O) groups excluding carboxylic acids is 3. The topological polar surface area (TPSA) is 91.3 Å². The third-order valence-corrected chi connectivity index (χ3v) is 8.08. The van der Waals surface area contributed by atoms with Gasteiger partial charge in [-0.2, -0.15) is 0 Å². The molecule has 46 heavy (non-hydrogen) atoms. The second-order valence-electron chi connectivity index (χ2n) is 10.1. The summed E-state index contributed by atoms with van der Waals surface area (Å²) < 4.78 is 10.6. The molecule has 0 aromatic heterocycles. The van der Waals surface area contributed by atoms with Gasteiger partial charge >= 0.3 is 11.9 Å². The Morgan fingerprint density at radius 1 is 0.630 bits per heavy atom. The van der Waals surface area contributed by atoms with Gasteiger partial charge in [-0.25, -0.2) is 9.59 Å². The standard InChI is InChI=1S/C19H20BrNO3.C18H17BrO3/c1-23-21-13-5-8-18(20)14-24-19(22)17-11-9-16(10-12-17)15-6-3-2-4-7-15;19-17(7-4-12-20)13-22-18(21)16-10-8-15(9-11-16)14-5-2-1-3-6-14/h2-4,6-7,9-13,18H,5,8,14H2,1H3;1-3,5-6,8-12,17H,4,7,13H2/t18-;17-/m11/s1. The van der Waals surface area contributed by atoms with Gasteiger partial charge in [0, 0.05) is 22.3 Å². The lowest BCUT2D eigenvalue weighted by molar-refractivity contribution is -0.107. The van der Waals surface area contributed by atoms with Crippen LogP contribution in [0.5, 0.6) is 0 Å². The minimum Gasteiger partial charge on any atom is -0.461 e. The Labute approximate surface area is 287 Å². The van der Waals surface area contributed by atoms with Crippen molar-refractivity contribution in [1.82, 2.24) is 0 Å². The first kappa shape index (κ1) is 36.4. The van der Waals surface area contributed by atoms with Gasteiger partial charge in [0.2, 0.25) is 0 Å². The number of carbonyl (C=O) groups is 3. The Morgan fingerprint density at radius 3 is 1.41 bits per heavy atom. The van der Waals surface area contributed by atoms with Gasteiger partial charge in [-0.05, 0) is 65.8 Å². The molecule has 0 fully saturated rings. The molecule has 0 bridgehead atoms. The molecule has 2 atom stereocenters. The summed E-state index contributed by atoms with van der Waals surface area (Å²) in [6.45, 7) is 0.577. The molecule has 0 saturated carbocycles. The second-order valence-corrected chi connectivity index (χ2v) is 12.7. The third-order valence-electron chi connectivity index (χ3n) is 6.63. The van der Waals surface area contributed by atoms with Gasteiger partial charge in [0.25, 0.3) is 0 Å². The molecule has 0 aliphatic carbocycles. The average molecular weight is 752 g/mol. The molecule has 7 nitrogen and oxygen atoms in total. The highest BCUT2D eigenvalue weighted by molar-refractivity contribution is 9.09. The molecule has 0 N–H and O–H groups in total. The summed E-state index contributed by atoms with van der Waals surface area (Å²) in [4.78, 5) is 39.0. The molecule has 240 valence electrons. The monoisotopic (exact) mass is 749 g/mol. The van der Waals surface area contributed by atoms with Crippen LogP contribution in [0.25, 0.3) is 22.3 Å². The fraction of sp³-hybridized carbons (Fsp3) is 0.243. The highest BCUT2D eigenvalue weighted by Gasteiger charge is 2.12. The van der Waals surface area contributed by atoms with Gasteiger partial charge in [-0.1, -0.05) is 122 Å². The SMILES string of the molecule is CON=CCC[C@@H](Br)COC(=O)c1ccc(-c2ccccc2)cc1.O=CCC[C@@H](Br)COC(=O)c1ccc(-c2ccccc2)cc1. The maximum absolute atomic E-state index is 12.1. The molecule has 0 heterocycles. The number of hydrogen-bond donors (Lipinski definition) is 0. The molecule has 0 saturated heterocycles. The number of aldehydes is 1. The van der Waals surface area contributed by atoms with Crippen LogP contribution >= 0.6 is 31.9 Å². The maximum atomic E-state index is 12.1. The van der Waals surface area contributed by atoms with Crippen molar-refractivity contribution in [3.8, 4) is 22.3 Å². The van der Waals surface area contributed by atoms with Gasteiger partial charge in [0.1, 0.15) is 26.6 Å². The van der Waals surface area contributed by atoms with E-state index in [-0.39, 0.29) is 28.2 Å². The molecule has 9 heteroatoms. The van der Waals surface area contributed by atoms with Gasteiger partial charge in [0.15, 0.2) is 0 Å². The predicted molar refractivity (Wildman–Crippen MR) is 190 cm³/mol. The third kappa shape index (κ3) is 13.1. The summed E-state index contributed by atoms with van der Waals surface area (Å²) in [6, 6.07) is 34.8. The molecule has 4 aromatic carbocycles. The number of benzene rings is 4. The summed E-state index contributed by atoms with van der Waals surface area (Å²) in [6.07, 6.45) is 5.24. The first-order chi connectivity index (χ1) is 22.4. The fourth-order valence-corrected chi connectivity index (χ4v) is 4.95. The quantitative estimate of drug-likeness (QED) is 0.0396. The van der Waals surface area contributed by atoms with E-state index in [1.54, 1.807) is 30.5 Å². The van der Waals surface area contributed by atoms with Gasteiger partial charge in [-0.15, -0.1) is 0 Å². The lowest BCUT2D eigenvalue weighted by Gasteiger charge is -2.10. The van der Waals surface area contributed by atoms with Crippen molar-refractivity contribution in [2.75, 3.05) is 20.3 Å². The first-order valence-electron chi connectivity index (χ1n) is 14.8. The maximum Gasteiger partial charge on any atom is 0.338 e. The molecule has 0 aliphatic heterocycles. The zero-order valence-electron chi connectivity index (χ0n) is 25.6. The Hall–Kier alpha value is -4.08. The highest BCUT2D eigenvalue weighted by atomic mass is 79.9. The van der Waals surface area contributed by atoms with Crippen LogP contribution in [0.4, 0.5) is 0 Å². The van der Waals surface area contributed by atoms with E-state index >= 15 is 0 Å². The number of esters is 2. The number of ether oxygens (including phenoxy) is 2. The molecule has 0 unspecified atom stereocenters. The van der Waals surface area contributed by atoms with Crippen molar-refractivity contribution < 1.29 is 28.7 Å². The minimum atomic E-state index is -0.352. The highest BCUT2D eigenvalue weighted by Crippen LogP contribution is 2.21. The Morgan fingerprint density at radius 2 is 1.02 bits per heavy atom. The van der Waals surface area contributed by atoms with Crippen LogP contribution in [-0.2, 0) is 19.1 Å². The van der Waals surface area contributed by atoms with Crippen molar-refractivity contribution in [3.05, 3.63) is 120 Å². The largest absolute Gasteiger partial charge is 0.461 e. The summed E-state index contributed by atoms with van der Waals surface area (Å²) in [5.74, 6) is -0.667. The van der Waals surface area contributed by atoms with Crippen LogP contribution in [-0.4, -0.2) is 54.4 Å². The molecule has 0 spiro atoms. The Bertz CT molecular complexity index is 1500.